The van der Waals surface area contributed by atoms with Gasteiger partial charge in [-0.15, -0.1) is 0 Å². The summed E-state index contributed by atoms with van der Waals surface area (Å²) in [6.07, 6.45) is 19.2. The molecule has 1 rings (SSSR count). The van der Waals surface area contributed by atoms with Crippen molar-refractivity contribution < 1.29 is 30.3 Å². The zero-order valence-corrected chi connectivity index (χ0v) is 20.9. The molecule has 0 saturated carbocycles. The fraction of sp³-hybridized carbons (Fsp3) is 0.708. The molecule has 0 aromatic heterocycles. The number of anilines is 1. The maximum absolute atomic E-state index is 12.1. The molecule has 0 aliphatic carbocycles. The van der Waals surface area contributed by atoms with Crippen molar-refractivity contribution in [1.82, 2.24) is 4.72 Å². The second kappa shape index (κ2) is 18.5. The SMILES string of the molecule is CCCCCCCCCCCCCCCCCC(=O)NS(=O)(=O)c1ccc(N)cc1.[Cu]. The Hall–Kier alpha value is -1.04. The number of nitrogens with one attached hydrogen (secondary N) is 1. The van der Waals surface area contributed by atoms with Gasteiger partial charge < -0.3 is 5.73 Å². The van der Waals surface area contributed by atoms with Crippen molar-refractivity contribution in [3.63, 3.8) is 0 Å². The number of rotatable bonds is 18. The molecule has 0 aliphatic heterocycles. The van der Waals surface area contributed by atoms with Crippen molar-refractivity contribution >= 4 is 21.6 Å². The molecule has 0 bridgehead atoms. The van der Waals surface area contributed by atoms with Crippen LogP contribution in [0, 0.1) is 0 Å². The van der Waals surface area contributed by atoms with Crippen LogP contribution in [0.2, 0.25) is 0 Å². The van der Waals surface area contributed by atoms with E-state index in [2.05, 4.69) is 11.6 Å². The number of amides is 1. The third-order valence-electron chi connectivity index (χ3n) is 5.45. The van der Waals surface area contributed by atoms with E-state index in [0.29, 0.717) is 5.69 Å². The Morgan fingerprint density at radius 3 is 1.55 bits per heavy atom. The van der Waals surface area contributed by atoms with E-state index in [1.807, 2.05) is 0 Å². The van der Waals surface area contributed by atoms with E-state index < -0.39 is 15.9 Å². The van der Waals surface area contributed by atoms with E-state index in [-0.39, 0.29) is 28.4 Å². The Morgan fingerprint density at radius 1 is 0.742 bits per heavy atom. The van der Waals surface area contributed by atoms with Crippen LogP contribution in [0.5, 0.6) is 0 Å². The summed E-state index contributed by atoms with van der Waals surface area (Å²) in [6.45, 7) is 2.26. The monoisotopic (exact) mass is 501 g/mol. The fourth-order valence-electron chi connectivity index (χ4n) is 3.56. The minimum Gasteiger partial charge on any atom is -0.399 e. The molecule has 0 aliphatic rings. The number of hydrogen-bond donors (Lipinski definition) is 2. The normalized spacial score (nSPS) is 11.1. The van der Waals surface area contributed by atoms with Crippen molar-refractivity contribution in [2.24, 2.45) is 0 Å². The Balaban J connectivity index is 0.00000900. The quantitative estimate of drug-likeness (QED) is 0.140. The van der Waals surface area contributed by atoms with E-state index in [1.165, 1.54) is 101 Å². The zero-order valence-electron chi connectivity index (χ0n) is 19.1. The van der Waals surface area contributed by atoms with Gasteiger partial charge in [-0.3, -0.25) is 4.79 Å². The van der Waals surface area contributed by atoms with Crippen LogP contribution in [-0.2, 0) is 31.9 Å². The van der Waals surface area contributed by atoms with Crippen LogP contribution in [0.25, 0.3) is 0 Å². The molecule has 0 atom stereocenters. The molecule has 1 aromatic carbocycles. The van der Waals surface area contributed by atoms with E-state index >= 15 is 0 Å². The van der Waals surface area contributed by atoms with Crippen LogP contribution in [0.1, 0.15) is 110 Å². The van der Waals surface area contributed by atoms with Crippen molar-refractivity contribution in [2.45, 2.75) is 115 Å². The molecule has 7 heteroatoms. The smallest absolute Gasteiger partial charge is 0.264 e. The third kappa shape index (κ3) is 15.4. The predicted octanol–water partition coefficient (Wildman–Crippen LogP) is 6.33. The summed E-state index contributed by atoms with van der Waals surface area (Å²) in [5.41, 5.74) is 6.04. The van der Waals surface area contributed by atoms with Crippen LogP contribution in [-0.4, -0.2) is 14.3 Å². The Bertz CT molecular complexity index is 679. The number of nitrogen functional groups attached to an aromatic ring is 1. The average Bonchev–Trinajstić information content (AvgIpc) is 2.71. The first-order valence-electron chi connectivity index (χ1n) is 11.9. The summed E-state index contributed by atoms with van der Waals surface area (Å²) in [5.74, 6) is -0.443. The Kier molecular flexibility index (Phi) is 17.9. The van der Waals surface area contributed by atoms with E-state index in [9.17, 15) is 13.2 Å². The summed E-state index contributed by atoms with van der Waals surface area (Å²) in [6, 6.07) is 5.82. The standard InChI is InChI=1S/C24H42N2O3S.Cu/c1-2-3-4-5-6-7-8-9-10-11-12-13-14-15-16-17-24(27)26-30(28,29)23-20-18-22(25)19-21-23;/h18-21H,2-17,25H2,1H3,(H,26,27);. The van der Waals surface area contributed by atoms with Crippen molar-refractivity contribution in [3.05, 3.63) is 24.3 Å². The molecule has 1 amide bonds. The third-order valence-corrected chi connectivity index (χ3v) is 6.84. The van der Waals surface area contributed by atoms with Crippen LogP contribution in [0.4, 0.5) is 5.69 Å². The van der Waals surface area contributed by atoms with Crippen LogP contribution >= 0.6 is 0 Å². The molecular formula is C24H42CuN2O3S. The predicted molar refractivity (Wildman–Crippen MR) is 126 cm³/mol. The second-order valence-corrected chi connectivity index (χ2v) is 9.98. The number of unbranched alkanes of at least 4 members (excludes halogenated alkanes) is 14. The van der Waals surface area contributed by atoms with Gasteiger partial charge >= 0.3 is 0 Å². The molecule has 0 heterocycles. The summed E-state index contributed by atoms with van der Waals surface area (Å²) < 4.78 is 26.4. The molecular weight excluding hydrogens is 460 g/mol. The number of nitrogens with two attached hydrogens (primary N) is 1. The van der Waals surface area contributed by atoms with Crippen molar-refractivity contribution in [1.29, 1.82) is 0 Å². The molecule has 5 nitrogen and oxygen atoms in total. The van der Waals surface area contributed by atoms with Crippen LogP contribution < -0.4 is 10.5 Å². The van der Waals surface area contributed by atoms with E-state index in [0.717, 1.165) is 19.3 Å². The largest absolute Gasteiger partial charge is 0.399 e. The molecule has 1 aromatic rings. The summed E-state index contributed by atoms with van der Waals surface area (Å²) in [7, 11) is -3.80. The van der Waals surface area contributed by atoms with Gasteiger partial charge in [0.2, 0.25) is 5.91 Å². The summed E-state index contributed by atoms with van der Waals surface area (Å²) in [4.78, 5) is 12.0. The molecule has 0 spiro atoms. The molecule has 3 N–H and O–H groups in total. The molecule has 1 radical (unpaired) electrons. The molecule has 0 saturated heterocycles. The fourth-order valence-corrected chi connectivity index (χ4v) is 4.58. The first kappa shape index (κ1) is 30.0. The van der Waals surface area contributed by atoms with Crippen LogP contribution in [0.15, 0.2) is 29.2 Å². The van der Waals surface area contributed by atoms with Gasteiger partial charge in [-0.2, -0.15) is 0 Å². The van der Waals surface area contributed by atoms with Gasteiger partial charge in [0, 0.05) is 29.2 Å². The maximum atomic E-state index is 12.1. The second-order valence-electron chi connectivity index (χ2n) is 8.30. The van der Waals surface area contributed by atoms with Gasteiger partial charge in [0.25, 0.3) is 10.0 Å². The van der Waals surface area contributed by atoms with Crippen LogP contribution in [0.3, 0.4) is 0 Å². The van der Waals surface area contributed by atoms with Gasteiger partial charge in [0.15, 0.2) is 0 Å². The molecule has 0 unspecified atom stereocenters. The van der Waals surface area contributed by atoms with Gasteiger partial charge in [0.1, 0.15) is 0 Å². The number of benzene rings is 1. The van der Waals surface area contributed by atoms with Crippen molar-refractivity contribution in [2.75, 3.05) is 5.73 Å². The van der Waals surface area contributed by atoms with Crippen molar-refractivity contribution in [3.8, 4) is 0 Å². The van der Waals surface area contributed by atoms with E-state index in [1.54, 1.807) is 0 Å². The first-order valence-corrected chi connectivity index (χ1v) is 13.3. The first-order chi connectivity index (χ1) is 14.5. The topological polar surface area (TPSA) is 89.3 Å². The minimum atomic E-state index is -3.80. The number of sulfonamides is 1. The zero-order chi connectivity index (χ0) is 22.1. The number of carbonyl (C=O) groups is 1. The Morgan fingerprint density at radius 2 is 1.13 bits per heavy atom. The molecule has 31 heavy (non-hydrogen) atoms. The average molecular weight is 502 g/mol. The van der Waals surface area contributed by atoms with Gasteiger partial charge in [-0.05, 0) is 30.7 Å². The van der Waals surface area contributed by atoms with E-state index in [4.69, 9.17) is 5.73 Å². The summed E-state index contributed by atoms with van der Waals surface area (Å²) >= 11 is 0. The van der Waals surface area contributed by atoms with Gasteiger partial charge in [0.05, 0.1) is 4.90 Å². The minimum absolute atomic E-state index is 0. The van der Waals surface area contributed by atoms with Gasteiger partial charge in [-0.25, -0.2) is 13.1 Å². The molecule has 183 valence electrons. The number of carbonyl (C=O) groups excluding carboxylic acids is 1. The van der Waals surface area contributed by atoms with Gasteiger partial charge in [-0.1, -0.05) is 96.8 Å². The Labute approximate surface area is 200 Å². The number of hydrogen-bond acceptors (Lipinski definition) is 4. The summed E-state index contributed by atoms with van der Waals surface area (Å²) in [5, 5.41) is 0. The maximum Gasteiger partial charge on any atom is 0.264 e. The molecule has 0 fully saturated rings.